The van der Waals surface area contributed by atoms with Gasteiger partial charge >= 0.3 is 0 Å². The van der Waals surface area contributed by atoms with E-state index in [1.165, 1.54) is 70.6 Å². The number of allylic oxidation sites excluding steroid dienone is 1. The molecular formula is C21H36O. The molecule has 2 aliphatic carbocycles. The highest BCUT2D eigenvalue weighted by molar-refractivity contribution is 4.83. The van der Waals surface area contributed by atoms with Crippen LogP contribution < -0.4 is 0 Å². The first-order valence-corrected chi connectivity index (χ1v) is 9.66. The molecule has 1 nitrogen and oxygen atoms in total. The Morgan fingerprint density at radius 1 is 0.773 bits per heavy atom. The molecule has 0 amide bonds. The van der Waals surface area contributed by atoms with E-state index in [1.807, 2.05) is 6.08 Å². The van der Waals surface area contributed by atoms with Gasteiger partial charge in [0.1, 0.15) is 0 Å². The van der Waals surface area contributed by atoms with Gasteiger partial charge in [0.15, 0.2) is 0 Å². The SMILES string of the molecule is C=CCCC[C@H]1CC[C@H]([C@H]2CC[C@H](OCCC=C)CC2)CC1. The minimum absolute atomic E-state index is 0.534. The number of ether oxygens (including phenoxy) is 1. The first kappa shape index (κ1) is 17.8. The summed E-state index contributed by atoms with van der Waals surface area (Å²) in [5, 5.41) is 0. The molecule has 0 aromatic carbocycles. The molecule has 2 fully saturated rings. The van der Waals surface area contributed by atoms with E-state index >= 15 is 0 Å². The third-order valence-corrected chi connectivity index (χ3v) is 5.97. The van der Waals surface area contributed by atoms with Gasteiger partial charge < -0.3 is 4.74 Å². The molecule has 22 heavy (non-hydrogen) atoms. The van der Waals surface area contributed by atoms with Crippen molar-refractivity contribution in [2.45, 2.75) is 83.2 Å². The smallest absolute Gasteiger partial charge is 0.0575 e. The summed E-state index contributed by atoms with van der Waals surface area (Å²) in [6, 6.07) is 0. The van der Waals surface area contributed by atoms with Gasteiger partial charge in [-0.15, -0.1) is 13.2 Å². The average molecular weight is 305 g/mol. The van der Waals surface area contributed by atoms with Crippen LogP contribution in [0.1, 0.15) is 77.0 Å². The minimum atomic E-state index is 0.534. The highest BCUT2D eigenvalue weighted by Gasteiger charge is 2.30. The molecule has 0 aliphatic heterocycles. The van der Waals surface area contributed by atoms with Crippen LogP contribution in [0.3, 0.4) is 0 Å². The maximum absolute atomic E-state index is 5.95. The fourth-order valence-electron chi connectivity index (χ4n) is 4.54. The lowest BCUT2D eigenvalue weighted by Crippen LogP contribution is -2.28. The molecule has 0 radical (unpaired) electrons. The second-order valence-corrected chi connectivity index (χ2v) is 7.49. The van der Waals surface area contributed by atoms with Gasteiger partial charge in [0.2, 0.25) is 0 Å². The molecule has 0 unspecified atom stereocenters. The lowest BCUT2D eigenvalue weighted by atomic mass is 9.70. The zero-order chi connectivity index (χ0) is 15.6. The Labute approximate surface area is 138 Å². The van der Waals surface area contributed by atoms with Crippen molar-refractivity contribution >= 4 is 0 Å². The van der Waals surface area contributed by atoms with Gasteiger partial charge in [-0.2, -0.15) is 0 Å². The van der Waals surface area contributed by atoms with Crippen LogP contribution in [0.15, 0.2) is 25.3 Å². The molecular weight excluding hydrogens is 268 g/mol. The van der Waals surface area contributed by atoms with E-state index < -0.39 is 0 Å². The predicted octanol–water partition coefficient (Wildman–Crippen LogP) is 6.30. The van der Waals surface area contributed by atoms with Crippen LogP contribution >= 0.6 is 0 Å². The van der Waals surface area contributed by atoms with Crippen LogP contribution in [0.2, 0.25) is 0 Å². The molecule has 2 saturated carbocycles. The van der Waals surface area contributed by atoms with Gasteiger partial charge in [0.25, 0.3) is 0 Å². The molecule has 0 saturated heterocycles. The Balaban J connectivity index is 1.60. The van der Waals surface area contributed by atoms with Crippen molar-refractivity contribution in [1.29, 1.82) is 0 Å². The van der Waals surface area contributed by atoms with Gasteiger partial charge in [0, 0.05) is 0 Å². The molecule has 0 aromatic rings. The fraction of sp³-hybridized carbons (Fsp3) is 0.810. The lowest BCUT2D eigenvalue weighted by Gasteiger charge is -2.37. The first-order chi connectivity index (χ1) is 10.8. The zero-order valence-corrected chi connectivity index (χ0v) is 14.5. The molecule has 0 heterocycles. The van der Waals surface area contributed by atoms with Crippen LogP contribution in [-0.2, 0) is 4.74 Å². The van der Waals surface area contributed by atoms with Gasteiger partial charge in [-0.05, 0) is 75.5 Å². The minimum Gasteiger partial charge on any atom is -0.378 e. The topological polar surface area (TPSA) is 9.23 Å². The summed E-state index contributed by atoms with van der Waals surface area (Å²) in [6.07, 6.45) is 20.9. The Morgan fingerprint density at radius 3 is 1.95 bits per heavy atom. The summed E-state index contributed by atoms with van der Waals surface area (Å²) >= 11 is 0. The summed E-state index contributed by atoms with van der Waals surface area (Å²) in [6.45, 7) is 8.46. The molecule has 0 bridgehead atoms. The van der Waals surface area contributed by atoms with Gasteiger partial charge in [-0.25, -0.2) is 0 Å². The molecule has 2 aliphatic rings. The van der Waals surface area contributed by atoms with Crippen molar-refractivity contribution < 1.29 is 4.74 Å². The number of unbranched alkanes of at least 4 members (excludes halogenated alkanes) is 1. The van der Waals surface area contributed by atoms with Crippen molar-refractivity contribution in [3.05, 3.63) is 25.3 Å². The Morgan fingerprint density at radius 2 is 1.36 bits per heavy atom. The zero-order valence-electron chi connectivity index (χ0n) is 14.5. The van der Waals surface area contributed by atoms with Crippen molar-refractivity contribution in [3.8, 4) is 0 Å². The van der Waals surface area contributed by atoms with Crippen LogP contribution in [0.4, 0.5) is 0 Å². The maximum Gasteiger partial charge on any atom is 0.0575 e. The monoisotopic (exact) mass is 304 g/mol. The van der Waals surface area contributed by atoms with Crippen molar-refractivity contribution in [2.75, 3.05) is 6.61 Å². The molecule has 1 heteroatoms. The normalized spacial score (nSPS) is 32.5. The third kappa shape index (κ3) is 5.91. The van der Waals surface area contributed by atoms with E-state index in [9.17, 15) is 0 Å². The fourth-order valence-corrected chi connectivity index (χ4v) is 4.54. The van der Waals surface area contributed by atoms with E-state index in [1.54, 1.807) is 0 Å². The second kappa shape index (κ2) is 10.3. The van der Waals surface area contributed by atoms with E-state index in [0.29, 0.717) is 6.10 Å². The van der Waals surface area contributed by atoms with E-state index in [0.717, 1.165) is 30.8 Å². The van der Waals surface area contributed by atoms with Crippen molar-refractivity contribution in [2.24, 2.45) is 17.8 Å². The largest absolute Gasteiger partial charge is 0.378 e. The summed E-state index contributed by atoms with van der Waals surface area (Å²) in [5.74, 6) is 3.02. The van der Waals surface area contributed by atoms with E-state index in [-0.39, 0.29) is 0 Å². The van der Waals surface area contributed by atoms with Crippen LogP contribution in [-0.4, -0.2) is 12.7 Å². The Kier molecular flexibility index (Phi) is 8.30. The number of rotatable bonds is 9. The molecule has 0 aromatic heterocycles. The average Bonchev–Trinajstić information content (AvgIpc) is 2.57. The highest BCUT2D eigenvalue weighted by Crippen LogP contribution is 2.41. The van der Waals surface area contributed by atoms with Gasteiger partial charge in [-0.1, -0.05) is 31.4 Å². The second-order valence-electron chi connectivity index (χ2n) is 7.49. The lowest BCUT2D eigenvalue weighted by molar-refractivity contribution is 0.00912. The van der Waals surface area contributed by atoms with Crippen LogP contribution in [0.5, 0.6) is 0 Å². The Hall–Kier alpha value is -0.560. The molecule has 0 spiro atoms. The van der Waals surface area contributed by atoms with Crippen LogP contribution in [0, 0.1) is 17.8 Å². The van der Waals surface area contributed by atoms with Gasteiger partial charge in [0.05, 0.1) is 12.7 Å². The van der Waals surface area contributed by atoms with E-state index in [2.05, 4.69) is 19.2 Å². The van der Waals surface area contributed by atoms with Gasteiger partial charge in [-0.3, -0.25) is 0 Å². The summed E-state index contributed by atoms with van der Waals surface area (Å²) in [7, 11) is 0. The standard InChI is InChI=1S/C21H36O/c1-3-5-7-8-18-9-11-19(12-10-18)20-13-15-21(16-14-20)22-17-6-4-2/h3-4,18-21H,1-2,5-17H2/t18-,19-,20-,21-. The molecule has 0 atom stereocenters. The quantitative estimate of drug-likeness (QED) is 0.359. The Bertz CT molecular complexity index is 274. The van der Waals surface area contributed by atoms with Crippen molar-refractivity contribution in [3.63, 3.8) is 0 Å². The summed E-state index contributed by atoms with van der Waals surface area (Å²) < 4.78 is 5.95. The molecule has 0 N–H and O–H groups in total. The first-order valence-electron chi connectivity index (χ1n) is 9.66. The highest BCUT2D eigenvalue weighted by atomic mass is 16.5. The van der Waals surface area contributed by atoms with E-state index in [4.69, 9.17) is 4.74 Å². The predicted molar refractivity (Wildman–Crippen MR) is 96.0 cm³/mol. The molecule has 126 valence electrons. The number of hydrogen-bond acceptors (Lipinski definition) is 1. The maximum atomic E-state index is 5.95. The third-order valence-electron chi connectivity index (χ3n) is 5.97. The molecule has 2 rings (SSSR count). The summed E-state index contributed by atoms with van der Waals surface area (Å²) in [5.41, 5.74) is 0. The van der Waals surface area contributed by atoms with Crippen LogP contribution in [0.25, 0.3) is 0 Å². The number of hydrogen-bond donors (Lipinski definition) is 0. The summed E-state index contributed by atoms with van der Waals surface area (Å²) in [4.78, 5) is 0. The van der Waals surface area contributed by atoms with Crippen molar-refractivity contribution in [1.82, 2.24) is 0 Å².